The van der Waals surface area contributed by atoms with E-state index in [0.717, 1.165) is 17.8 Å². The highest BCUT2D eigenvalue weighted by Gasteiger charge is 2.16. The minimum absolute atomic E-state index is 0.223. The van der Waals surface area contributed by atoms with Gasteiger partial charge < -0.3 is 4.40 Å². The van der Waals surface area contributed by atoms with Crippen LogP contribution in [-0.2, 0) is 6.42 Å². The van der Waals surface area contributed by atoms with Gasteiger partial charge in [0.1, 0.15) is 5.82 Å². The number of nitrogens with zero attached hydrogens (tertiary/aromatic N) is 2. The van der Waals surface area contributed by atoms with Crippen LogP contribution in [0.3, 0.4) is 0 Å². The zero-order valence-electron chi connectivity index (χ0n) is 9.29. The molecule has 15 heavy (non-hydrogen) atoms. The average Bonchev–Trinajstić information content (AvgIpc) is 2.42. The Kier molecular flexibility index (Phi) is 2.47. The Labute approximate surface area is 94.9 Å². The average molecular weight is 223 g/mol. The van der Waals surface area contributed by atoms with Gasteiger partial charge in [-0.2, -0.15) is 0 Å². The van der Waals surface area contributed by atoms with Gasteiger partial charge in [0, 0.05) is 12.6 Å². The Balaban J connectivity index is 2.53. The molecular weight excluding hydrogens is 208 g/mol. The van der Waals surface area contributed by atoms with Crippen molar-refractivity contribution in [3.63, 3.8) is 0 Å². The van der Waals surface area contributed by atoms with Gasteiger partial charge in [-0.25, -0.2) is 4.98 Å². The van der Waals surface area contributed by atoms with Gasteiger partial charge in [-0.1, -0.05) is 38.4 Å². The second-order valence-electron chi connectivity index (χ2n) is 5.01. The fourth-order valence-corrected chi connectivity index (χ4v) is 1.91. The monoisotopic (exact) mass is 222 g/mol. The third-order valence-electron chi connectivity index (χ3n) is 2.26. The molecule has 2 heterocycles. The summed E-state index contributed by atoms with van der Waals surface area (Å²) < 4.78 is 2.06. The van der Waals surface area contributed by atoms with E-state index in [9.17, 15) is 0 Å². The van der Waals surface area contributed by atoms with Gasteiger partial charge in [0.25, 0.3) is 0 Å². The van der Waals surface area contributed by atoms with Crippen LogP contribution in [0.1, 0.15) is 26.6 Å². The van der Waals surface area contributed by atoms with Crippen LogP contribution in [0.15, 0.2) is 24.4 Å². The second-order valence-corrected chi connectivity index (χ2v) is 5.37. The van der Waals surface area contributed by atoms with Crippen molar-refractivity contribution in [2.24, 2.45) is 5.41 Å². The predicted octanol–water partition coefficient (Wildman–Crippen LogP) is 3.58. The minimum Gasteiger partial charge on any atom is -0.302 e. The minimum atomic E-state index is 0.223. The molecule has 0 aliphatic carbocycles. The van der Waals surface area contributed by atoms with Crippen molar-refractivity contribution in [1.29, 1.82) is 0 Å². The lowest BCUT2D eigenvalue weighted by atomic mass is 9.92. The Bertz CT molecular complexity index is 480. The summed E-state index contributed by atoms with van der Waals surface area (Å²) in [5.41, 5.74) is 1.21. The summed E-state index contributed by atoms with van der Waals surface area (Å²) in [6.07, 6.45) is 2.93. The predicted molar refractivity (Wildman–Crippen MR) is 63.4 cm³/mol. The molecule has 0 radical (unpaired) electrons. The van der Waals surface area contributed by atoms with Gasteiger partial charge in [-0.15, -0.1) is 0 Å². The molecule has 0 fully saturated rings. The lowest BCUT2D eigenvalue weighted by molar-refractivity contribution is 0.400. The molecule has 2 rings (SSSR count). The maximum absolute atomic E-state index is 6.07. The third kappa shape index (κ3) is 2.15. The van der Waals surface area contributed by atoms with Crippen molar-refractivity contribution in [2.45, 2.75) is 27.2 Å². The first kappa shape index (κ1) is 10.5. The maximum Gasteiger partial charge on any atom is 0.155 e. The molecule has 0 aliphatic heterocycles. The van der Waals surface area contributed by atoms with Gasteiger partial charge in [0.05, 0.1) is 5.52 Å². The number of aromatic nitrogens is 2. The summed E-state index contributed by atoms with van der Waals surface area (Å²) in [5.74, 6) is 1.03. The van der Waals surface area contributed by atoms with Crippen LogP contribution in [0.4, 0.5) is 0 Å². The SMILES string of the molecule is CC(C)(C)Cc1nc(Cl)c2ccccn12. The van der Waals surface area contributed by atoms with E-state index in [1.54, 1.807) is 0 Å². The molecule has 0 saturated heterocycles. The third-order valence-corrected chi connectivity index (χ3v) is 2.54. The lowest BCUT2D eigenvalue weighted by Gasteiger charge is -2.16. The van der Waals surface area contributed by atoms with Crippen LogP contribution in [0.2, 0.25) is 5.15 Å². The quantitative estimate of drug-likeness (QED) is 0.721. The molecule has 0 aliphatic rings. The zero-order chi connectivity index (χ0) is 11.1. The first-order chi connectivity index (χ1) is 6.97. The molecule has 80 valence electrons. The number of hydrogen-bond donors (Lipinski definition) is 0. The van der Waals surface area contributed by atoms with Gasteiger partial charge in [-0.3, -0.25) is 0 Å². The van der Waals surface area contributed by atoms with E-state index in [1.807, 2.05) is 24.4 Å². The van der Waals surface area contributed by atoms with Crippen LogP contribution in [-0.4, -0.2) is 9.38 Å². The Morgan fingerprint density at radius 2 is 2.07 bits per heavy atom. The molecule has 0 aromatic carbocycles. The number of hydrogen-bond acceptors (Lipinski definition) is 1. The molecule has 0 N–H and O–H groups in total. The van der Waals surface area contributed by atoms with Crippen molar-refractivity contribution in [2.75, 3.05) is 0 Å². The number of rotatable bonds is 1. The van der Waals surface area contributed by atoms with Crippen molar-refractivity contribution >= 4 is 17.1 Å². The molecule has 3 heteroatoms. The topological polar surface area (TPSA) is 17.3 Å². The number of fused-ring (bicyclic) bond motifs is 1. The normalized spacial score (nSPS) is 12.3. The summed E-state index contributed by atoms with van der Waals surface area (Å²) in [6, 6.07) is 5.96. The molecule has 0 spiro atoms. The van der Waals surface area contributed by atoms with E-state index in [2.05, 4.69) is 30.2 Å². The van der Waals surface area contributed by atoms with E-state index in [1.165, 1.54) is 0 Å². The summed E-state index contributed by atoms with van der Waals surface area (Å²) in [6.45, 7) is 6.60. The van der Waals surface area contributed by atoms with Crippen LogP contribution in [0.25, 0.3) is 5.52 Å². The van der Waals surface area contributed by atoms with Gasteiger partial charge in [-0.05, 0) is 17.5 Å². The molecule has 2 nitrogen and oxygen atoms in total. The summed E-state index contributed by atoms with van der Waals surface area (Å²) in [4.78, 5) is 4.40. The van der Waals surface area contributed by atoms with Crippen LogP contribution in [0, 0.1) is 5.41 Å². The Morgan fingerprint density at radius 1 is 1.33 bits per heavy atom. The highest BCUT2D eigenvalue weighted by atomic mass is 35.5. The van der Waals surface area contributed by atoms with Crippen LogP contribution in [0.5, 0.6) is 0 Å². The van der Waals surface area contributed by atoms with Crippen LogP contribution >= 0.6 is 11.6 Å². The van der Waals surface area contributed by atoms with Crippen molar-refractivity contribution < 1.29 is 0 Å². The fourth-order valence-electron chi connectivity index (χ4n) is 1.66. The summed E-state index contributed by atoms with van der Waals surface area (Å²) >= 11 is 6.07. The summed E-state index contributed by atoms with van der Waals surface area (Å²) in [5, 5.41) is 0.592. The number of pyridine rings is 1. The number of imidazole rings is 1. The van der Waals surface area contributed by atoms with Crippen molar-refractivity contribution in [3.05, 3.63) is 35.4 Å². The Hall–Kier alpha value is -1.02. The highest BCUT2D eigenvalue weighted by Crippen LogP contribution is 2.24. The molecule has 2 aromatic rings. The fraction of sp³-hybridized carbons (Fsp3) is 0.417. The molecular formula is C12H15ClN2. The highest BCUT2D eigenvalue weighted by molar-refractivity contribution is 6.32. The first-order valence-corrected chi connectivity index (χ1v) is 5.47. The maximum atomic E-state index is 6.07. The Morgan fingerprint density at radius 3 is 2.73 bits per heavy atom. The standard InChI is InChI=1S/C12H15ClN2/c1-12(2,3)8-10-14-11(13)9-6-4-5-7-15(9)10/h4-7H,8H2,1-3H3. The van der Waals surface area contributed by atoms with E-state index in [0.29, 0.717) is 5.15 Å². The molecule has 0 amide bonds. The molecule has 0 atom stereocenters. The first-order valence-electron chi connectivity index (χ1n) is 5.09. The van der Waals surface area contributed by atoms with Gasteiger partial charge in [0.15, 0.2) is 5.15 Å². The largest absolute Gasteiger partial charge is 0.302 e. The van der Waals surface area contributed by atoms with Crippen LogP contribution < -0.4 is 0 Å². The van der Waals surface area contributed by atoms with Gasteiger partial charge >= 0.3 is 0 Å². The van der Waals surface area contributed by atoms with Gasteiger partial charge in [0.2, 0.25) is 0 Å². The molecule has 0 saturated carbocycles. The second kappa shape index (κ2) is 3.53. The molecule has 0 bridgehead atoms. The zero-order valence-corrected chi connectivity index (χ0v) is 10.0. The van der Waals surface area contributed by atoms with E-state index < -0.39 is 0 Å². The van der Waals surface area contributed by atoms with Crippen molar-refractivity contribution in [1.82, 2.24) is 9.38 Å². The summed E-state index contributed by atoms with van der Waals surface area (Å²) in [7, 11) is 0. The van der Waals surface area contributed by atoms with Crippen molar-refractivity contribution in [3.8, 4) is 0 Å². The smallest absolute Gasteiger partial charge is 0.155 e. The molecule has 2 aromatic heterocycles. The number of halogens is 1. The molecule has 0 unspecified atom stereocenters. The van der Waals surface area contributed by atoms with E-state index in [4.69, 9.17) is 11.6 Å². The van der Waals surface area contributed by atoms with E-state index >= 15 is 0 Å². The lowest BCUT2D eigenvalue weighted by Crippen LogP contribution is -2.11. The van der Waals surface area contributed by atoms with E-state index in [-0.39, 0.29) is 5.41 Å².